The second kappa shape index (κ2) is 4.19. The molecule has 2 heteroatoms. The van der Waals surface area contributed by atoms with E-state index in [9.17, 15) is 0 Å². The lowest BCUT2D eigenvalue weighted by Crippen LogP contribution is -1.79. The molecule has 0 spiro atoms. The van der Waals surface area contributed by atoms with Crippen molar-refractivity contribution in [3.05, 3.63) is 70.2 Å². The molecular weight excluding hydrogens is 340 g/mol. The molecular formula is C19H11BrS. The van der Waals surface area contributed by atoms with Crippen LogP contribution >= 0.6 is 27.3 Å². The highest BCUT2D eigenvalue weighted by atomic mass is 79.9. The van der Waals surface area contributed by atoms with Crippen molar-refractivity contribution in [3.8, 4) is 11.1 Å². The predicted molar refractivity (Wildman–Crippen MR) is 95.3 cm³/mol. The van der Waals surface area contributed by atoms with Gasteiger partial charge in [-0.05, 0) is 52.9 Å². The fourth-order valence-electron chi connectivity index (χ4n) is 3.41. The second-order valence-electron chi connectivity index (χ2n) is 5.55. The lowest BCUT2D eigenvalue weighted by Gasteiger charge is -2.02. The average molecular weight is 351 g/mol. The zero-order chi connectivity index (χ0) is 14.0. The van der Waals surface area contributed by atoms with Crippen LogP contribution in [0.4, 0.5) is 0 Å². The quantitative estimate of drug-likeness (QED) is 0.303. The van der Waals surface area contributed by atoms with Crippen LogP contribution in [0.5, 0.6) is 0 Å². The van der Waals surface area contributed by atoms with Crippen LogP contribution in [-0.2, 0) is 6.42 Å². The summed E-state index contributed by atoms with van der Waals surface area (Å²) in [5.41, 5.74) is 5.73. The van der Waals surface area contributed by atoms with Crippen molar-refractivity contribution in [2.24, 2.45) is 0 Å². The maximum absolute atomic E-state index is 3.72. The lowest BCUT2D eigenvalue weighted by atomic mass is 10.0. The van der Waals surface area contributed by atoms with Gasteiger partial charge < -0.3 is 0 Å². The summed E-state index contributed by atoms with van der Waals surface area (Å²) in [5.74, 6) is 0. The van der Waals surface area contributed by atoms with Gasteiger partial charge >= 0.3 is 0 Å². The van der Waals surface area contributed by atoms with Gasteiger partial charge in [0, 0.05) is 24.6 Å². The highest BCUT2D eigenvalue weighted by Gasteiger charge is 2.20. The summed E-state index contributed by atoms with van der Waals surface area (Å²) >= 11 is 5.61. The maximum Gasteiger partial charge on any atom is 0.0366 e. The molecule has 1 aliphatic rings. The molecule has 1 heterocycles. The molecule has 21 heavy (non-hydrogen) atoms. The standard InChI is InChI=1S/C19H11BrS/c20-16-6-3-7-17-19(16)15-10-14-12(9-18(15)21-17)8-11-4-1-2-5-13(11)14/h1-7,9-10H,8H2. The molecule has 100 valence electrons. The fourth-order valence-corrected chi connectivity index (χ4v) is 5.30. The van der Waals surface area contributed by atoms with Gasteiger partial charge in [-0.3, -0.25) is 0 Å². The number of thiophene rings is 1. The number of rotatable bonds is 0. The highest BCUT2D eigenvalue weighted by molar-refractivity contribution is 9.10. The van der Waals surface area contributed by atoms with Gasteiger partial charge in [0.05, 0.1) is 0 Å². The van der Waals surface area contributed by atoms with Crippen LogP contribution in [0.15, 0.2) is 59.1 Å². The first kappa shape index (κ1) is 12.0. The Kier molecular flexibility index (Phi) is 2.38. The van der Waals surface area contributed by atoms with Crippen LogP contribution in [0.2, 0.25) is 0 Å². The Labute approximate surface area is 135 Å². The third kappa shape index (κ3) is 1.60. The molecule has 0 N–H and O–H groups in total. The van der Waals surface area contributed by atoms with E-state index < -0.39 is 0 Å². The molecule has 1 aliphatic carbocycles. The van der Waals surface area contributed by atoms with Crippen molar-refractivity contribution in [1.82, 2.24) is 0 Å². The first-order chi connectivity index (χ1) is 10.3. The number of hydrogen-bond acceptors (Lipinski definition) is 1. The van der Waals surface area contributed by atoms with Gasteiger partial charge in [-0.15, -0.1) is 11.3 Å². The smallest absolute Gasteiger partial charge is 0.0366 e. The van der Waals surface area contributed by atoms with Gasteiger partial charge in [0.25, 0.3) is 0 Å². The molecule has 0 amide bonds. The van der Waals surface area contributed by atoms with Gasteiger partial charge in [0.15, 0.2) is 0 Å². The Morgan fingerprint density at radius 3 is 2.67 bits per heavy atom. The first-order valence-corrected chi connectivity index (χ1v) is 8.64. The summed E-state index contributed by atoms with van der Waals surface area (Å²) in [6, 6.07) is 20.0. The third-order valence-corrected chi connectivity index (χ3v) is 6.14. The third-order valence-electron chi connectivity index (χ3n) is 4.36. The Hall–Kier alpha value is -1.64. The van der Waals surface area contributed by atoms with Crippen LogP contribution in [0, 0.1) is 0 Å². The van der Waals surface area contributed by atoms with Crippen LogP contribution in [-0.4, -0.2) is 0 Å². The van der Waals surface area contributed by atoms with E-state index >= 15 is 0 Å². The Balaban J connectivity index is 1.93. The van der Waals surface area contributed by atoms with E-state index in [1.165, 1.54) is 46.9 Å². The molecule has 0 fully saturated rings. The Morgan fingerprint density at radius 1 is 0.810 bits per heavy atom. The van der Waals surface area contributed by atoms with E-state index in [1.54, 1.807) is 0 Å². The molecule has 1 aromatic heterocycles. The van der Waals surface area contributed by atoms with Crippen molar-refractivity contribution in [1.29, 1.82) is 0 Å². The second-order valence-corrected chi connectivity index (χ2v) is 7.49. The van der Waals surface area contributed by atoms with Crippen LogP contribution in [0.1, 0.15) is 11.1 Å². The highest BCUT2D eigenvalue weighted by Crippen LogP contribution is 2.44. The number of benzene rings is 3. The zero-order valence-electron chi connectivity index (χ0n) is 11.2. The van der Waals surface area contributed by atoms with Crippen LogP contribution < -0.4 is 0 Å². The summed E-state index contributed by atoms with van der Waals surface area (Å²) in [4.78, 5) is 0. The minimum atomic E-state index is 1.07. The van der Waals surface area contributed by atoms with Gasteiger partial charge in [0.2, 0.25) is 0 Å². The van der Waals surface area contributed by atoms with Gasteiger partial charge in [0.1, 0.15) is 0 Å². The van der Waals surface area contributed by atoms with E-state index in [0.29, 0.717) is 0 Å². The average Bonchev–Trinajstić information content (AvgIpc) is 3.02. The fraction of sp³-hybridized carbons (Fsp3) is 0.0526. The van der Waals surface area contributed by atoms with Crippen LogP contribution in [0.3, 0.4) is 0 Å². The minimum absolute atomic E-state index is 1.07. The summed E-state index contributed by atoms with van der Waals surface area (Å²) < 4.78 is 3.94. The molecule has 0 aliphatic heterocycles. The number of halogens is 1. The van der Waals surface area contributed by atoms with E-state index in [0.717, 1.165) is 6.42 Å². The molecule has 0 saturated carbocycles. The Morgan fingerprint density at radius 2 is 1.71 bits per heavy atom. The van der Waals surface area contributed by atoms with E-state index in [-0.39, 0.29) is 0 Å². The number of fused-ring (bicyclic) bond motifs is 6. The summed E-state index contributed by atoms with van der Waals surface area (Å²) in [5, 5.41) is 2.72. The minimum Gasteiger partial charge on any atom is -0.135 e. The normalized spacial score (nSPS) is 12.8. The van der Waals surface area contributed by atoms with Crippen molar-refractivity contribution in [2.75, 3.05) is 0 Å². The molecule has 0 bridgehead atoms. The lowest BCUT2D eigenvalue weighted by molar-refractivity contribution is 1.27. The molecule has 0 radical (unpaired) electrons. The molecule has 0 unspecified atom stereocenters. The van der Waals surface area contributed by atoms with E-state index in [1.807, 2.05) is 11.3 Å². The largest absolute Gasteiger partial charge is 0.135 e. The molecule has 0 atom stereocenters. The van der Waals surface area contributed by atoms with E-state index in [4.69, 9.17) is 0 Å². The monoisotopic (exact) mass is 350 g/mol. The summed E-state index contributed by atoms with van der Waals surface area (Å²) in [6.45, 7) is 0. The predicted octanol–water partition coefficient (Wildman–Crippen LogP) is 6.39. The van der Waals surface area contributed by atoms with Gasteiger partial charge in [-0.2, -0.15) is 0 Å². The molecule has 3 aromatic carbocycles. The summed E-state index contributed by atoms with van der Waals surface area (Å²) in [7, 11) is 0. The maximum atomic E-state index is 3.72. The topological polar surface area (TPSA) is 0 Å². The summed E-state index contributed by atoms with van der Waals surface area (Å²) in [6.07, 6.45) is 1.07. The van der Waals surface area contributed by atoms with Crippen molar-refractivity contribution >= 4 is 47.4 Å². The van der Waals surface area contributed by atoms with Crippen molar-refractivity contribution in [2.45, 2.75) is 6.42 Å². The Bertz CT molecular complexity index is 1030. The SMILES string of the molecule is Brc1cccc2sc3cc4c(cc3c12)-c1ccccc1C4. The van der Waals surface area contributed by atoms with Gasteiger partial charge in [-0.25, -0.2) is 0 Å². The number of hydrogen-bond donors (Lipinski definition) is 0. The van der Waals surface area contributed by atoms with Crippen molar-refractivity contribution < 1.29 is 0 Å². The first-order valence-electron chi connectivity index (χ1n) is 7.03. The molecule has 5 rings (SSSR count). The zero-order valence-corrected chi connectivity index (χ0v) is 13.6. The van der Waals surface area contributed by atoms with Crippen molar-refractivity contribution in [3.63, 3.8) is 0 Å². The molecule has 4 aromatic rings. The van der Waals surface area contributed by atoms with Crippen LogP contribution in [0.25, 0.3) is 31.3 Å². The van der Waals surface area contributed by atoms with E-state index in [2.05, 4.69) is 70.5 Å². The molecule has 0 nitrogen and oxygen atoms in total. The molecule has 0 saturated heterocycles. The van der Waals surface area contributed by atoms with Gasteiger partial charge in [-0.1, -0.05) is 46.3 Å².